The summed E-state index contributed by atoms with van der Waals surface area (Å²) < 4.78 is 5.14. The average Bonchev–Trinajstić information content (AvgIpc) is 2.45. The van der Waals surface area contributed by atoms with E-state index in [2.05, 4.69) is 5.43 Å². The molecule has 0 aliphatic heterocycles. The monoisotopic (exact) mass is 276 g/mol. The molecule has 0 aromatic heterocycles. The third kappa shape index (κ3) is 3.70. The van der Waals surface area contributed by atoms with Crippen molar-refractivity contribution in [2.24, 2.45) is 5.84 Å². The highest BCUT2D eigenvalue weighted by molar-refractivity contribution is 6.30. The van der Waals surface area contributed by atoms with Crippen molar-refractivity contribution >= 4 is 11.6 Å². The molecule has 3 N–H and O–H groups in total. The molecule has 0 amide bonds. The Bertz CT molecular complexity index is 528. The Morgan fingerprint density at radius 1 is 1.21 bits per heavy atom. The van der Waals surface area contributed by atoms with Gasteiger partial charge in [-0.05, 0) is 41.8 Å². The van der Waals surface area contributed by atoms with Crippen LogP contribution in [0.4, 0.5) is 0 Å². The summed E-state index contributed by atoms with van der Waals surface area (Å²) in [6.45, 7) is 0. The number of rotatable bonds is 5. The van der Waals surface area contributed by atoms with Gasteiger partial charge in [-0.3, -0.25) is 11.3 Å². The molecule has 0 bridgehead atoms. The molecule has 0 saturated heterocycles. The quantitative estimate of drug-likeness (QED) is 0.652. The van der Waals surface area contributed by atoms with E-state index in [1.54, 1.807) is 7.11 Å². The zero-order chi connectivity index (χ0) is 13.7. The normalized spacial score (nSPS) is 12.2. The van der Waals surface area contributed by atoms with Crippen LogP contribution in [0.25, 0.3) is 0 Å². The van der Waals surface area contributed by atoms with Crippen LogP contribution in [0.2, 0.25) is 5.02 Å². The number of benzene rings is 2. The minimum Gasteiger partial charge on any atom is -0.497 e. The lowest BCUT2D eigenvalue weighted by atomic mass is 9.99. The minimum absolute atomic E-state index is 0.0343. The average molecular weight is 277 g/mol. The van der Waals surface area contributed by atoms with Gasteiger partial charge in [0.15, 0.2) is 0 Å². The van der Waals surface area contributed by atoms with E-state index < -0.39 is 0 Å². The number of nitrogens with two attached hydrogens (primary N) is 1. The first-order chi connectivity index (χ1) is 9.22. The maximum Gasteiger partial charge on any atom is 0.118 e. The van der Waals surface area contributed by atoms with E-state index in [0.717, 1.165) is 17.7 Å². The first-order valence-electron chi connectivity index (χ1n) is 6.07. The highest BCUT2D eigenvalue weighted by atomic mass is 35.5. The third-order valence-corrected chi connectivity index (χ3v) is 3.29. The van der Waals surface area contributed by atoms with Crippen LogP contribution in [0.3, 0.4) is 0 Å². The Hall–Kier alpha value is -1.55. The number of methoxy groups -OCH3 is 1. The molecular formula is C15H17ClN2O. The summed E-state index contributed by atoms with van der Waals surface area (Å²) in [4.78, 5) is 0. The van der Waals surface area contributed by atoms with Crippen LogP contribution in [-0.4, -0.2) is 7.11 Å². The van der Waals surface area contributed by atoms with Crippen LogP contribution < -0.4 is 16.0 Å². The second-order valence-corrected chi connectivity index (χ2v) is 4.76. The largest absolute Gasteiger partial charge is 0.497 e. The van der Waals surface area contributed by atoms with E-state index in [9.17, 15) is 0 Å². The molecule has 4 heteroatoms. The number of ether oxygens (including phenoxy) is 1. The number of nitrogens with one attached hydrogen (secondary N) is 1. The Kier molecular flexibility index (Phi) is 4.80. The molecule has 3 nitrogen and oxygen atoms in total. The minimum atomic E-state index is 0.0343. The van der Waals surface area contributed by atoms with Gasteiger partial charge >= 0.3 is 0 Å². The Labute approximate surface area is 118 Å². The Morgan fingerprint density at radius 3 is 2.53 bits per heavy atom. The van der Waals surface area contributed by atoms with Crippen molar-refractivity contribution in [3.8, 4) is 5.75 Å². The van der Waals surface area contributed by atoms with Crippen LogP contribution in [0, 0.1) is 0 Å². The van der Waals surface area contributed by atoms with Crippen molar-refractivity contribution in [3.05, 3.63) is 64.7 Å². The molecule has 100 valence electrons. The predicted octanol–water partition coefficient (Wildman–Crippen LogP) is 3.10. The third-order valence-electron chi connectivity index (χ3n) is 3.05. The summed E-state index contributed by atoms with van der Waals surface area (Å²) in [7, 11) is 1.66. The lowest BCUT2D eigenvalue weighted by molar-refractivity contribution is 0.414. The molecule has 0 saturated carbocycles. The smallest absolute Gasteiger partial charge is 0.118 e. The van der Waals surface area contributed by atoms with Crippen LogP contribution in [0.5, 0.6) is 5.75 Å². The summed E-state index contributed by atoms with van der Waals surface area (Å²) in [6, 6.07) is 15.7. The van der Waals surface area contributed by atoms with Crippen molar-refractivity contribution in [1.82, 2.24) is 5.43 Å². The maximum absolute atomic E-state index is 6.00. The zero-order valence-corrected chi connectivity index (χ0v) is 11.5. The van der Waals surface area contributed by atoms with E-state index >= 15 is 0 Å². The standard InChI is InChI=1S/C15H17ClN2O/c1-19-14-7-5-11(6-8-14)9-15(18-17)12-3-2-4-13(16)10-12/h2-8,10,15,18H,9,17H2,1H3. The summed E-state index contributed by atoms with van der Waals surface area (Å²) >= 11 is 6.00. The summed E-state index contributed by atoms with van der Waals surface area (Å²) in [5.74, 6) is 6.49. The van der Waals surface area contributed by atoms with Crippen molar-refractivity contribution in [2.75, 3.05) is 7.11 Å². The molecule has 0 radical (unpaired) electrons. The molecule has 0 aliphatic rings. The fraction of sp³-hybridized carbons (Fsp3) is 0.200. The summed E-state index contributed by atoms with van der Waals surface area (Å²) in [5, 5.41) is 0.715. The topological polar surface area (TPSA) is 47.3 Å². The SMILES string of the molecule is COc1ccc(CC(NN)c2cccc(Cl)c2)cc1. The van der Waals surface area contributed by atoms with Gasteiger partial charge in [0.05, 0.1) is 13.2 Å². The highest BCUT2D eigenvalue weighted by Gasteiger charge is 2.11. The highest BCUT2D eigenvalue weighted by Crippen LogP contribution is 2.22. The van der Waals surface area contributed by atoms with E-state index in [0.29, 0.717) is 5.02 Å². The van der Waals surface area contributed by atoms with Crippen LogP contribution >= 0.6 is 11.6 Å². The molecule has 1 unspecified atom stereocenters. The van der Waals surface area contributed by atoms with Gasteiger partial charge in [0, 0.05) is 5.02 Å². The molecule has 1 atom stereocenters. The van der Waals surface area contributed by atoms with Crippen molar-refractivity contribution in [2.45, 2.75) is 12.5 Å². The second kappa shape index (κ2) is 6.57. The summed E-state index contributed by atoms with van der Waals surface area (Å²) in [5.41, 5.74) is 5.09. The molecule has 0 spiro atoms. The first-order valence-corrected chi connectivity index (χ1v) is 6.45. The molecule has 2 aromatic rings. The van der Waals surface area contributed by atoms with Gasteiger partial charge in [0.25, 0.3) is 0 Å². The number of hydrogen-bond acceptors (Lipinski definition) is 3. The van der Waals surface area contributed by atoms with Crippen molar-refractivity contribution < 1.29 is 4.74 Å². The van der Waals surface area contributed by atoms with Crippen LogP contribution in [-0.2, 0) is 6.42 Å². The van der Waals surface area contributed by atoms with Gasteiger partial charge in [-0.25, -0.2) is 0 Å². The molecule has 2 aromatic carbocycles. The van der Waals surface area contributed by atoms with Gasteiger partial charge in [0.1, 0.15) is 5.75 Å². The molecule has 2 rings (SSSR count). The molecular weight excluding hydrogens is 260 g/mol. The fourth-order valence-electron chi connectivity index (χ4n) is 1.99. The van der Waals surface area contributed by atoms with E-state index in [-0.39, 0.29) is 6.04 Å². The van der Waals surface area contributed by atoms with E-state index in [1.807, 2.05) is 48.5 Å². The molecule has 0 aliphatic carbocycles. The van der Waals surface area contributed by atoms with Crippen molar-refractivity contribution in [1.29, 1.82) is 0 Å². The lowest BCUT2D eigenvalue weighted by Gasteiger charge is -2.17. The Morgan fingerprint density at radius 2 is 1.95 bits per heavy atom. The van der Waals surface area contributed by atoms with Crippen LogP contribution in [0.1, 0.15) is 17.2 Å². The van der Waals surface area contributed by atoms with Gasteiger partial charge in [0.2, 0.25) is 0 Å². The number of hydrazine groups is 1. The predicted molar refractivity (Wildman–Crippen MR) is 78.2 cm³/mol. The van der Waals surface area contributed by atoms with Crippen molar-refractivity contribution in [3.63, 3.8) is 0 Å². The first kappa shape index (κ1) is 13.9. The van der Waals surface area contributed by atoms with Gasteiger partial charge in [-0.1, -0.05) is 35.9 Å². The molecule has 0 heterocycles. The Balaban J connectivity index is 2.14. The number of hydrogen-bond donors (Lipinski definition) is 2. The van der Waals surface area contributed by atoms with E-state index in [4.69, 9.17) is 22.2 Å². The van der Waals surface area contributed by atoms with Crippen LogP contribution in [0.15, 0.2) is 48.5 Å². The lowest BCUT2D eigenvalue weighted by Crippen LogP contribution is -2.29. The number of halogens is 1. The van der Waals surface area contributed by atoms with Gasteiger partial charge in [-0.15, -0.1) is 0 Å². The second-order valence-electron chi connectivity index (χ2n) is 4.33. The van der Waals surface area contributed by atoms with Gasteiger partial charge in [-0.2, -0.15) is 0 Å². The molecule has 19 heavy (non-hydrogen) atoms. The summed E-state index contributed by atoms with van der Waals surface area (Å²) in [6.07, 6.45) is 0.792. The maximum atomic E-state index is 6.00. The van der Waals surface area contributed by atoms with Gasteiger partial charge < -0.3 is 4.74 Å². The molecule has 0 fully saturated rings. The fourth-order valence-corrected chi connectivity index (χ4v) is 2.19. The zero-order valence-electron chi connectivity index (χ0n) is 10.8. The van der Waals surface area contributed by atoms with E-state index in [1.165, 1.54) is 5.56 Å².